The molecule has 3 heteroatoms. The Morgan fingerprint density at radius 2 is 1.70 bits per heavy atom. The summed E-state index contributed by atoms with van der Waals surface area (Å²) in [6.45, 7) is 4.42. The molecular weight excluding hydrogens is 286 g/mol. The number of para-hydroxylation sites is 1. The van der Waals surface area contributed by atoms with E-state index in [1.54, 1.807) is 11.8 Å². The molecule has 0 N–H and O–H groups in total. The van der Waals surface area contributed by atoms with Crippen LogP contribution in [0.25, 0.3) is 10.9 Å². The van der Waals surface area contributed by atoms with Crippen LogP contribution in [0.2, 0.25) is 5.02 Å². The first-order valence-corrected chi connectivity index (χ1v) is 7.87. The van der Waals surface area contributed by atoms with Crippen molar-refractivity contribution in [3.05, 3.63) is 59.8 Å². The molecule has 20 heavy (non-hydrogen) atoms. The van der Waals surface area contributed by atoms with Gasteiger partial charge in [-0.25, -0.2) is 0 Å². The van der Waals surface area contributed by atoms with Crippen LogP contribution in [-0.4, -0.2) is 4.57 Å². The van der Waals surface area contributed by atoms with Crippen molar-refractivity contribution in [1.29, 1.82) is 0 Å². The lowest BCUT2D eigenvalue weighted by atomic mass is 10.2. The number of rotatable bonds is 3. The Balaban J connectivity index is 2.05. The Kier molecular flexibility index (Phi) is 3.77. The third-order valence-electron chi connectivity index (χ3n) is 3.30. The van der Waals surface area contributed by atoms with Crippen LogP contribution >= 0.6 is 23.4 Å². The van der Waals surface area contributed by atoms with Gasteiger partial charge in [0.25, 0.3) is 0 Å². The van der Waals surface area contributed by atoms with Crippen LogP contribution in [0.3, 0.4) is 0 Å². The van der Waals surface area contributed by atoms with Crippen molar-refractivity contribution in [3.63, 3.8) is 0 Å². The largest absolute Gasteiger partial charge is 0.344 e. The zero-order valence-corrected chi connectivity index (χ0v) is 13.1. The molecular formula is C17H16ClNS. The summed E-state index contributed by atoms with van der Waals surface area (Å²) in [6, 6.07) is 17.0. The average molecular weight is 302 g/mol. The number of fused-ring (bicyclic) bond motifs is 1. The minimum atomic E-state index is 0.458. The van der Waals surface area contributed by atoms with E-state index < -0.39 is 0 Å². The van der Waals surface area contributed by atoms with Crippen molar-refractivity contribution in [1.82, 2.24) is 4.57 Å². The van der Waals surface area contributed by atoms with Gasteiger partial charge in [0.1, 0.15) is 0 Å². The smallest absolute Gasteiger partial charge is 0.0494 e. The summed E-state index contributed by atoms with van der Waals surface area (Å²) in [6.07, 6.45) is 2.24. The fourth-order valence-corrected chi connectivity index (χ4v) is 3.41. The van der Waals surface area contributed by atoms with Gasteiger partial charge in [-0.05, 0) is 44.2 Å². The van der Waals surface area contributed by atoms with Crippen molar-refractivity contribution in [2.45, 2.75) is 29.7 Å². The molecule has 2 aromatic carbocycles. The standard InChI is InChI=1S/C17H16ClNS/c1-12(2)19-11-17(15-5-3-4-6-16(15)19)20-14-9-7-13(18)8-10-14/h3-12H,1-2H3. The van der Waals surface area contributed by atoms with Crippen LogP contribution in [0.1, 0.15) is 19.9 Å². The van der Waals surface area contributed by atoms with E-state index in [-0.39, 0.29) is 0 Å². The van der Waals surface area contributed by atoms with Gasteiger partial charge in [-0.2, -0.15) is 0 Å². The Labute approximate surface area is 128 Å². The lowest BCUT2D eigenvalue weighted by molar-refractivity contribution is 0.620. The zero-order chi connectivity index (χ0) is 14.1. The molecule has 0 saturated carbocycles. The molecule has 102 valence electrons. The maximum Gasteiger partial charge on any atom is 0.0494 e. The van der Waals surface area contributed by atoms with E-state index in [4.69, 9.17) is 11.6 Å². The monoisotopic (exact) mass is 301 g/mol. The maximum atomic E-state index is 5.94. The first-order valence-electron chi connectivity index (χ1n) is 6.68. The highest BCUT2D eigenvalue weighted by Gasteiger charge is 2.11. The van der Waals surface area contributed by atoms with Crippen molar-refractivity contribution in [2.75, 3.05) is 0 Å². The summed E-state index contributed by atoms with van der Waals surface area (Å²) >= 11 is 7.73. The molecule has 3 rings (SSSR count). The van der Waals surface area contributed by atoms with E-state index in [0.717, 1.165) is 5.02 Å². The van der Waals surface area contributed by atoms with Gasteiger partial charge in [-0.1, -0.05) is 41.6 Å². The molecule has 1 aromatic heterocycles. The normalized spacial score (nSPS) is 11.4. The van der Waals surface area contributed by atoms with Crippen LogP contribution in [0.15, 0.2) is 64.5 Å². The van der Waals surface area contributed by atoms with Crippen LogP contribution in [0, 0.1) is 0 Å². The molecule has 0 aliphatic heterocycles. The highest BCUT2D eigenvalue weighted by molar-refractivity contribution is 7.99. The summed E-state index contributed by atoms with van der Waals surface area (Å²) in [4.78, 5) is 2.50. The second-order valence-corrected chi connectivity index (χ2v) is 6.62. The number of nitrogens with zero attached hydrogens (tertiary/aromatic N) is 1. The predicted octanol–water partition coefficient (Wildman–Crippen LogP) is 6.03. The summed E-state index contributed by atoms with van der Waals surface area (Å²) in [5.74, 6) is 0. The fraction of sp³-hybridized carbons (Fsp3) is 0.176. The van der Waals surface area contributed by atoms with Gasteiger partial charge in [0.15, 0.2) is 0 Å². The summed E-state index contributed by atoms with van der Waals surface area (Å²) in [7, 11) is 0. The van der Waals surface area contributed by atoms with Gasteiger partial charge < -0.3 is 4.57 Å². The van der Waals surface area contributed by atoms with Gasteiger partial charge >= 0.3 is 0 Å². The molecule has 0 amide bonds. The van der Waals surface area contributed by atoms with Crippen LogP contribution in [0.4, 0.5) is 0 Å². The van der Waals surface area contributed by atoms with E-state index in [2.05, 4.69) is 61.0 Å². The van der Waals surface area contributed by atoms with Crippen molar-refractivity contribution in [2.24, 2.45) is 0 Å². The molecule has 3 aromatic rings. The summed E-state index contributed by atoms with van der Waals surface area (Å²) in [5, 5.41) is 2.08. The molecule has 0 aliphatic rings. The number of halogens is 1. The first-order chi connectivity index (χ1) is 9.65. The number of hydrogen-bond donors (Lipinski definition) is 0. The molecule has 0 fully saturated rings. The Bertz CT molecular complexity index is 728. The number of hydrogen-bond acceptors (Lipinski definition) is 1. The minimum absolute atomic E-state index is 0.458. The van der Waals surface area contributed by atoms with Gasteiger partial charge in [0.2, 0.25) is 0 Å². The molecule has 1 heterocycles. The molecule has 0 spiro atoms. The second-order valence-electron chi connectivity index (χ2n) is 5.07. The Morgan fingerprint density at radius 1 is 1.00 bits per heavy atom. The van der Waals surface area contributed by atoms with E-state index >= 15 is 0 Å². The van der Waals surface area contributed by atoms with E-state index in [9.17, 15) is 0 Å². The molecule has 0 aliphatic carbocycles. The Morgan fingerprint density at radius 3 is 2.40 bits per heavy atom. The van der Waals surface area contributed by atoms with Gasteiger partial charge in [0, 0.05) is 38.0 Å². The average Bonchev–Trinajstić information content (AvgIpc) is 2.81. The minimum Gasteiger partial charge on any atom is -0.344 e. The molecule has 0 atom stereocenters. The third-order valence-corrected chi connectivity index (χ3v) is 4.61. The summed E-state index contributed by atoms with van der Waals surface area (Å²) < 4.78 is 2.33. The molecule has 0 unspecified atom stereocenters. The second kappa shape index (κ2) is 5.55. The lowest BCUT2D eigenvalue weighted by Gasteiger charge is -2.08. The molecule has 0 bridgehead atoms. The van der Waals surface area contributed by atoms with Crippen molar-refractivity contribution >= 4 is 34.3 Å². The highest BCUT2D eigenvalue weighted by atomic mass is 35.5. The van der Waals surface area contributed by atoms with Crippen molar-refractivity contribution < 1.29 is 0 Å². The van der Waals surface area contributed by atoms with Crippen LogP contribution in [0.5, 0.6) is 0 Å². The topological polar surface area (TPSA) is 4.93 Å². The van der Waals surface area contributed by atoms with E-state index in [1.807, 2.05) is 12.1 Å². The Hall–Kier alpha value is -1.38. The highest BCUT2D eigenvalue weighted by Crippen LogP contribution is 2.36. The molecule has 0 saturated heterocycles. The molecule has 1 nitrogen and oxygen atoms in total. The van der Waals surface area contributed by atoms with Crippen molar-refractivity contribution in [3.8, 4) is 0 Å². The SMILES string of the molecule is CC(C)n1cc(Sc2ccc(Cl)cc2)c2ccccc21. The quantitative estimate of drug-likeness (QED) is 0.572. The zero-order valence-electron chi connectivity index (χ0n) is 11.5. The number of aromatic nitrogens is 1. The van der Waals surface area contributed by atoms with Gasteiger partial charge in [0.05, 0.1) is 0 Å². The number of benzene rings is 2. The van der Waals surface area contributed by atoms with E-state index in [1.165, 1.54) is 20.7 Å². The lowest BCUT2D eigenvalue weighted by Crippen LogP contribution is -1.97. The van der Waals surface area contributed by atoms with Gasteiger partial charge in [-0.15, -0.1) is 0 Å². The predicted molar refractivity (Wildman–Crippen MR) is 87.9 cm³/mol. The first kappa shape index (κ1) is 13.6. The van der Waals surface area contributed by atoms with Crippen LogP contribution < -0.4 is 0 Å². The maximum absolute atomic E-state index is 5.94. The van der Waals surface area contributed by atoms with Gasteiger partial charge in [-0.3, -0.25) is 0 Å². The van der Waals surface area contributed by atoms with E-state index in [0.29, 0.717) is 6.04 Å². The van der Waals surface area contributed by atoms with Crippen LogP contribution in [-0.2, 0) is 0 Å². The third kappa shape index (κ3) is 2.58. The fourth-order valence-electron chi connectivity index (χ4n) is 2.31. The summed E-state index contributed by atoms with van der Waals surface area (Å²) in [5.41, 5.74) is 1.29. The molecule has 0 radical (unpaired) electrons.